The van der Waals surface area contributed by atoms with Crippen molar-refractivity contribution >= 4 is 29.4 Å². The second-order valence-electron chi connectivity index (χ2n) is 3.57. The van der Waals surface area contributed by atoms with Crippen LogP contribution in [0.4, 0.5) is 20.3 Å². The lowest BCUT2D eigenvalue weighted by Gasteiger charge is -2.09. The molecule has 0 radical (unpaired) electrons. The molecule has 0 fully saturated rings. The topological polar surface area (TPSA) is 64.1 Å². The van der Waals surface area contributed by atoms with Gasteiger partial charge in [0.2, 0.25) is 0 Å². The van der Waals surface area contributed by atoms with E-state index in [1.807, 2.05) is 0 Å². The van der Waals surface area contributed by atoms with Crippen LogP contribution in [0.15, 0.2) is 30.6 Å². The van der Waals surface area contributed by atoms with Crippen LogP contribution in [0.2, 0.25) is 5.15 Å². The molecule has 0 saturated carbocycles. The van der Waals surface area contributed by atoms with Crippen LogP contribution < -0.4 is 10.1 Å². The maximum Gasteiger partial charge on any atom is 0.387 e. The third kappa shape index (κ3) is 3.39. The van der Waals surface area contributed by atoms with Gasteiger partial charge < -0.3 is 10.1 Å². The first-order chi connectivity index (χ1) is 9.60. The van der Waals surface area contributed by atoms with E-state index >= 15 is 0 Å². The predicted molar refractivity (Wildman–Crippen MR) is 68.8 cm³/mol. The van der Waals surface area contributed by atoms with E-state index in [9.17, 15) is 13.6 Å². The number of rotatable bonds is 5. The summed E-state index contributed by atoms with van der Waals surface area (Å²) in [5.74, 6) is 0.254. The minimum atomic E-state index is -2.88. The molecule has 0 aliphatic heterocycles. The van der Waals surface area contributed by atoms with Crippen LogP contribution in [0.25, 0.3) is 0 Å². The number of benzene rings is 1. The van der Waals surface area contributed by atoms with Crippen molar-refractivity contribution in [3.05, 3.63) is 41.3 Å². The van der Waals surface area contributed by atoms with Crippen LogP contribution in [0.1, 0.15) is 10.4 Å². The van der Waals surface area contributed by atoms with E-state index in [0.717, 1.165) is 0 Å². The fourth-order valence-electron chi connectivity index (χ4n) is 1.43. The van der Waals surface area contributed by atoms with Crippen molar-refractivity contribution in [3.8, 4) is 5.75 Å². The van der Waals surface area contributed by atoms with Gasteiger partial charge in [-0.25, -0.2) is 9.97 Å². The van der Waals surface area contributed by atoms with E-state index in [-0.39, 0.29) is 22.3 Å². The van der Waals surface area contributed by atoms with Crippen LogP contribution in [-0.4, -0.2) is 22.9 Å². The summed E-state index contributed by atoms with van der Waals surface area (Å²) in [5, 5.41) is 2.86. The molecule has 2 rings (SSSR count). The standard InChI is InChI=1S/C12H8ClF2N3O2/c13-10-9(5-19)11(17-6-16-10)18-7-1-3-8(4-2-7)20-12(14)15/h1-6,12H,(H,16,17,18). The van der Waals surface area contributed by atoms with Crippen molar-refractivity contribution < 1.29 is 18.3 Å². The molecule has 1 heterocycles. The van der Waals surface area contributed by atoms with Gasteiger partial charge in [0.15, 0.2) is 6.29 Å². The zero-order chi connectivity index (χ0) is 14.5. The van der Waals surface area contributed by atoms with E-state index in [0.29, 0.717) is 12.0 Å². The summed E-state index contributed by atoms with van der Waals surface area (Å²) in [5.41, 5.74) is 0.645. The van der Waals surface area contributed by atoms with Gasteiger partial charge in [0, 0.05) is 5.69 Å². The second-order valence-corrected chi connectivity index (χ2v) is 3.93. The van der Waals surface area contributed by atoms with Gasteiger partial charge >= 0.3 is 6.61 Å². The number of nitrogens with zero attached hydrogens (tertiary/aromatic N) is 2. The molecule has 1 N–H and O–H groups in total. The third-order valence-corrected chi connectivity index (χ3v) is 2.60. The molecule has 0 amide bonds. The molecule has 0 spiro atoms. The average Bonchev–Trinajstić information content (AvgIpc) is 2.41. The van der Waals surface area contributed by atoms with Crippen LogP contribution in [-0.2, 0) is 0 Å². The SMILES string of the molecule is O=Cc1c(Cl)ncnc1Nc1ccc(OC(F)F)cc1. The van der Waals surface area contributed by atoms with Crippen LogP contribution in [0.5, 0.6) is 5.75 Å². The highest BCUT2D eigenvalue weighted by atomic mass is 35.5. The first-order valence-electron chi connectivity index (χ1n) is 5.37. The number of nitrogens with one attached hydrogen (secondary N) is 1. The Morgan fingerprint density at radius 3 is 2.55 bits per heavy atom. The zero-order valence-corrected chi connectivity index (χ0v) is 10.6. The maximum atomic E-state index is 12.0. The molecule has 2 aromatic rings. The summed E-state index contributed by atoms with van der Waals surface area (Å²) in [6.45, 7) is -2.88. The molecule has 8 heteroatoms. The number of aromatic nitrogens is 2. The number of aldehydes is 1. The van der Waals surface area contributed by atoms with Gasteiger partial charge in [0.05, 0.1) is 5.56 Å². The fraction of sp³-hybridized carbons (Fsp3) is 0.0833. The molecule has 1 aromatic carbocycles. The second kappa shape index (κ2) is 6.25. The predicted octanol–water partition coefficient (Wildman–Crippen LogP) is 3.29. The van der Waals surface area contributed by atoms with Gasteiger partial charge in [0.1, 0.15) is 23.0 Å². The van der Waals surface area contributed by atoms with Crippen LogP contribution in [0, 0.1) is 0 Å². The Morgan fingerprint density at radius 1 is 1.25 bits per heavy atom. The Morgan fingerprint density at radius 2 is 1.95 bits per heavy atom. The highest BCUT2D eigenvalue weighted by molar-refractivity contribution is 6.32. The van der Waals surface area contributed by atoms with E-state index in [1.165, 1.54) is 30.6 Å². The molecular formula is C12H8ClF2N3O2. The summed E-state index contributed by atoms with van der Waals surface area (Å²) in [6.07, 6.45) is 1.73. The lowest BCUT2D eigenvalue weighted by Crippen LogP contribution is -2.02. The molecular weight excluding hydrogens is 292 g/mol. The number of halogens is 3. The van der Waals surface area contributed by atoms with Crippen molar-refractivity contribution in [3.63, 3.8) is 0 Å². The van der Waals surface area contributed by atoms with Gasteiger partial charge in [-0.05, 0) is 24.3 Å². The van der Waals surface area contributed by atoms with Crippen molar-refractivity contribution in [1.29, 1.82) is 0 Å². The number of anilines is 2. The zero-order valence-electron chi connectivity index (χ0n) is 9.89. The van der Waals surface area contributed by atoms with Crippen molar-refractivity contribution in [2.24, 2.45) is 0 Å². The molecule has 0 aliphatic rings. The lowest BCUT2D eigenvalue weighted by atomic mass is 10.3. The van der Waals surface area contributed by atoms with Crippen molar-refractivity contribution in [2.45, 2.75) is 6.61 Å². The molecule has 20 heavy (non-hydrogen) atoms. The van der Waals surface area contributed by atoms with Gasteiger partial charge in [-0.1, -0.05) is 11.6 Å². The molecule has 0 atom stereocenters. The first kappa shape index (κ1) is 14.1. The Balaban J connectivity index is 2.18. The Bertz CT molecular complexity index is 608. The highest BCUT2D eigenvalue weighted by Gasteiger charge is 2.09. The molecule has 0 unspecified atom stereocenters. The summed E-state index contributed by atoms with van der Waals surface area (Å²) >= 11 is 5.75. The van der Waals surface area contributed by atoms with Crippen molar-refractivity contribution in [2.75, 3.05) is 5.32 Å². The summed E-state index contributed by atoms with van der Waals surface area (Å²) in [7, 11) is 0. The minimum Gasteiger partial charge on any atom is -0.435 e. The highest BCUT2D eigenvalue weighted by Crippen LogP contribution is 2.23. The summed E-state index contributed by atoms with van der Waals surface area (Å²) in [6, 6.07) is 5.72. The molecule has 1 aromatic heterocycles. The Hall–Kier alpha value is -2.28. The number of hydrogen-bond donors (Lipinski definition) is 1. The molecule has 0 aliphatic carbocycles. The minimum absolute atomic E-state index is 0.0233. The first-order valence-corrected chi connectivity index (χ1v) is 5.75. The largest absolute Gasteiger partial charge is 0.435 e. The number of carbonyl (C=O) groups excluding carboxylic acids is 1. The fourth-order valence-corrected chi connectivity index (χ4v) is 1.61. The quantitative estimate of drug-likeness (QED) is 0.678. The average molecular weight is 300 g/mol. The van der Waals surface area contributed by atoms with E-state index in [2.05, 4.69) is 20.0 Å². The van der Waals surface area contributed by atoms with Gasteiger partial charge in [-0.2, -0.15) is 8.78 Å². The molecule has 0 saturated heterocycles. The molecule has 104 valence electrons. The number of hydrogen-bond acceptors (Lipinski definition) is 5. The lowest BCUT2D eigenvalue weighted by molar-refractivity contribution is -0.0498. The smallest absolute Gasteiger partial charge is 0.387 e. The number of alkyl halides is 2. The number of carbonyl (C=O) groups is 1. The Kier molecular flexibility index (Phi) is 4.41. The van der Waals surface area contributed by atoms with Gasteiger partial charge in [-0.15, -0.1) is 0 Å². The normalized spacial score (nSPS) is 10.4. The molecule has 0 bridgehead atoms. The van der Waals surface area contributed by atoms with E-state index < -0.39 is 6.61 Å². The van der Waals surface area contributed by atoms with Gasteiger partial charge in [0.25, 0.3) is 0 Å². The van der Waals surface area contributed by atoms with E-state index in [1.54, 1.807) is 0 Å². The monoisotopic (exact) mass is 299 g/mol. The number of ether oxygens (including phenoxy) is 1. The Labute approximate surface area is 117 Å². The van der Waals surface area contributed by atoms with E-state index in [4.69, 9.17) is 11.6 Å². The third-order valence-electron chi connectivity index (χ3n) is 2.30. The summed E-state index contributed by atoms with van der Waals surface area (Å²) in [4.78, 5) is 18.5. The maximum absolute atomic E-state index is 12.0. The van der Waals surface area contributed by atoms with Crippen LogP contribution in [0.3, 0.4) is 0 Å². The summed E-state index contributed by atoms with van der Waals surface area (Å²) < 4.78 is 28.2. The van der Waals surface area contributed by atoms with Crippen molar-refractivity contribution in [1.82, 2.24) is 9.97 Å². The van der Waals surface area contributed by atoms with Crippen LogP contribution >= 0.6 is 11.6 Å². The van der Waals surface area contributed by atoms with Gasteiger partial charge in [-0.3, -0.25) is 4.79 Å². The molecule has 5 nitrogen and oxygen atoms in total.